The van der Waals surface area contributed by atoms with Crippen LogP contribution in [0.5, 0.6) is 0 Å². The summed E-state index contributed by atoms with van der Waals surface area (Å²) in [6, 6.07) is 0. The van der Waals surface area contributed by atoms with E-state index in [4.69, 9.17) is 11.6 Å². The smallest absolute Gasteiger partial charge is 0.240 e. The van der Waals surface area contributed by atoms with Crippen molar-refractivity contribution >= 4 is 27.3 Å². The minimum Gasteiger partial charge on any atom is -0.355 e. The van der Waals surface area contributed by atoms with E-state index in [9.17, 15) is 13.2 Å². The highest BCUT2D eigenvalue weighted by Gasteiger charge is 2.37. The van der Waals surface area contributed by atoms with Crippen LogP contribution in [0.3, 0.4) is 0 Å². The van der Waals surface area contributed by atoms with Crippen molar-refractivity contribution in [2.75, 3.05) is 12.8 Å². The zero-order valence-corrected chi connectivity index (χ0v) is 11.8. The summed E-state index contributed by atoms with van der Waals surface area (Å²) >= 11 is 5.75. The van der Waals surface area contributed by atoms with Gasteiger partial charge in [0.1, 0.15) is 4.75 Å². The number of rotatable bonds is 6. The average Bonchev–Trinajstić information content (AvgIpc) is 2.09. The largest absolute Gasteiger partial charge is 0.355 e. The lowest BCUT2D eigenvalue weighted by molar-refractivity contribution is -0.122. The third kappa shape index (κ3) is 4.70. The second-order valence-electron chi connectivity index (χ2n) is 4.46. The predicted octanol–water partition coefficient (Wildman–Crippen LogP) is 1.33. The van der Waals surface area contributed by atoms with Crippen LogP contribution >= 0.6 is 11.6 Å². The Hall–Kier alpha value is -0.290. The molecule has 0 aromatic rings. The van der Waals surface area contributed by atoms with Gasteiger partial charge in [0.2, 0.25) is 5.91 Å². The number of halogens is 1. The number of carbonyl (C=O) groups excluding carboxylic acids is 1. The second kappa shape index (κ2) is 5.87. The van der Waals surface area contributed by atoms with Crippen molar-refractivity contribution in [1.29, 1.82) is 0 Å². The van der Waals surface area contributed by atoms with E-state index < -0.39 is 20.5 Å². The lowest BCUT2D eigenvalue weighted by Crippen LogP contribution is -2.47. The molecule has 0 bridgehead atoms. The molecule has 0 aliphatic rings. The van der Waals surface area contributed by atoms with Crippen molar-refractivity contribution in [2.24, 2.45) is 0 Å². The Morgan fingerprint density at radius 3 is 2.31 bits per heavy atom. The van der Waals surface area contributed by atoms with Crippen molar-refractivity contribution in [3.63, 3.8) is 0 Å². The number of carbonyl (C=O) groups is 1. The van der Waals surface area contributed by atoms with E-state index in [1.165, 1.54) is 13.8 Å². The van der Waals surface area contributed by atoms with Crippen LogP contribution in [0.2, 0.25) is 0 Å². The highest BCUT2D eigenvalue weighted by molar-refractivity contribution is 7.92. The molecule has 0 spiro atoms. The van der Waals surface area contributed by atoms with E-state index in [1.807, 2.05) is 6.92 Å². The van der Waals surface area contributed by atoms with Gasteiger partial charge in [-0.15, -0.1) is 11.6 Å². The molecule has 0 fully saturated rings. The Morgan fingerprint density at radius 1 is 1.44 bits per heavy atom. The molecule has 96 valence electrons. The number of hydrogen-bond acceptors (Lipinski definition) is 3. The Bertz CT molecular complexity index is 336. The van der Waals surface area contributed by atoms with E-state index in [0.717, 1.165) is 19.1 Å². The normalized spacial score (nSPS) is 14.6. The van der Waals surface area contributed by atoms with Gasteiger partial charge in [-0.2, -0.15) is 0 Å². The lowest BCUT2D eigenvalue weighted by atomic mass is 10.2. The third-order valence-electron chi connectivity index (χ3n) is 2.54. The molecule has 0 aromatic heterocycles. The minimum absolute atomic E-state index is 0.0693. The monoisotopic (exact) mass is 269 g/mol. The van der Waals surface area contributed by atoms with Gasteiger partial charge in [0.25, 0.3) is 0 Å². The van der Waals surface area contributed by atoms with Crippen LogP contribution in [0.1, 0.15) is 33.6 Å². The molecule has 1 N–H and O–H groups in total. The van der Waals surface area contributed by atoms with Gasteiger partial charge >= 0.3 is 0 Å². The number of alkyl halides is 1. The highest BCUT2D eigenvalue weighted by Crippen LogP contribution is 2.15. The first-order valence-electron chi connectivity index (χ1n) is 5.21. The molecule has 16 heavy (non-hydrogen) atoms. The van der Waals surface area contributed by atoms with Gasteiger partial charge in [0.05, 0.1) is 0 Å². The summed E-state index contributed by atoms with van der Waals surface area (Å²) in [6.07, 6.45) is 2.60. The van der Waals surface area contributed by atoms with E-state index in [1.54, 1.807) is 0 Å². The van der Waals surface area contributed by atoms with Gasteiger partial charge < -0.3 is 5.32 Å². The quantitative estimate of drug-likeness (QED) is 0.585. The summed E-state index contributed by atoms with van der Waals surface area (Å²) in [6.45, 7) is 5.14. The van der Waals surface area contributed by atoms with E-state index in [-0.39, 0.29) is 5.38 Å². The first kappa shape index (κ1) is 15.7. The summed E-state index contributed by atoms with van der Waals surface area (Å²) < 4.78 is 21.3. The van der Waals surface area contributed by atoms with E-state index in [2.05, 4.69) is 5.32 Å². The summed E-state index contributed by atoms with van der Waals surface area (Å²) in [5.74, 6) is -0.461. The summed E-state index contributed by atoms with van der Waals surface area (Å²) in [4.78, 5) is 11.6. The van der Waals surface area contributed by atoms with Crippen LogP contribution < -0.4 is 5.32 Å². The topological polar surface area (TPSA) is 63.2 Å². The zero-order chi connectivity index (χ0) is 13.0. The Balaban J connectivity index is 4.18. The third-order valence-corrected chi connectivity index (χ3v) is 4.80. The van der Waals surface area contributed by atoms with Crippen LogP contribution in [0.4, 0.5) is 0 Å². The second-order valence-corrected chi connectivity index (χ2v) is 7.77. The van der Waals surface area contributed by atoms with Crippen LogP contribution in [-0.4, -0.2) is 37.2 Å². The van der Waals surface area contributed by atoms with Crippen molar-refractivity contribution in [1.82, 2.24) is 5.32 Å². The molecule has 6 heteroatoms. The lowest BCUT2D eigenvalue weighted by Gasteiger charge is -2.21. The van der Waals surface area contributed by atoms with Crippen molar-refractivity contribution in [2.45, 2.75) is 43.7 Å². The Labute approximate surface area is 103 Å². The number of sulfone groups is 1. The molecule has 0 saturated heterocycles. The van der Waals surface area contributed by atoms with Gasteiger partial charge in [0.15, 0.2) is 9.84 Å². The molecule has 1 unspecified atom stereocenters. The molecule has 4 nitrogen and oxygen atoms in total. The van der Waals surface area contributed by atoms with Crippen LogP contribution in [0.15, 0.2) is 0 Å². The molecule has 0 heterocycles. The van der Waals surface area contributed by atoms with Crippen molar-refractivity contribution in [3.05, 3.63) is 0 Å². The zero-order valence-electron chi connectivity index (χ0n) is 10.2. The van der Waals surface area contributed by atoms with Gasteiger partial charge in [-0.1, -0.05) is 0 Å². The maximum absolute atomic E-state index is 11.6. The molecule has 0 saturated carbocycles. The van der Waals surface area contributed by atoms with Gasteiger partial charge in [0, 0.05) is 18.2 Å². The highest BCUT2D eigenvalue weighted by atomic mass is 35.5. The average molecular weight is 270 g/mol. The number of hydrogen-bond donors (Lipinski definition) is 1. The van der Waals surface area contributed by atoms with Crippen LogP contribution in [-0.2, 0) is 14.6 Å². The van der Waals surface area contributed by atoms with Gasteiger partial charge in [-0.25, -0.2) is 8.42 Å². The first-order valence-corrected chi connectivity index (χ1v) is 7.54. The predicted molar refractivity (Wildman–Crippen MR) is 66.5 cm³/mol. The molecule has 1 atom stereocenters. The van der Waals surface area contributed by atoms with Crippen molar-refractivity contribution in [3.8, 4) is 0 Å². The molecule has 0 aliphatic carbocycles. The summed E-state index contributed by atoms with van der Waals surface area (Å²) in [5, 5.41) is 2.68. The molecule has 0 radical (unpaired) electrons. The van der Waals surface area contributed by atoms with Crippen LogP contribution in [0, 0.1) is 0 Å². The maximum Gasteiger partial charge on any atom is 0.240 e. The van der Waals surface area contributed by atoms with E-state index in [0.29, 0.717) is 6.54 Å². The standard InChI is InChI=1S/C10H20ClNO3S/c1-8(11)6-5-7-12-9(13)10(2,3)16(4,14)15/h8H,5-7H2,1-4H3,(H,12,13). The van der Waals surface area contributed by atoms with Crippen LogP contribution in [0.25, 0.3) is 0 Å². The van der Waals surface area contributed by atoms with Crippen molar-refractivity contribution < 1.29 is 13.2 Å². The summed E-state index contributed by atoms with van der Waals surface area (Å²) in [5.41, 5.74) is 0. The van der Waals surface area contributed by atoms with E-state index >= 15 is 0 Å². The minimum atomic E-state index is -3.39. The fourth-order valence-electron chi connectivity index (χ4n) is 0.967. The summed E-state index contributed by atoms with van der Waals surface area (Å²) in [7, 11) is -3.39. The van der Waals surface area contributed by atoms with Gasteiger partial charge in [-0.05, 0) is 33.6 Å². The number of amides is 1. The molecular weight excluding hydrogens is 250 g/mol. The number of nitrogens with one attached hydrogen (secondary N) is 1. The first-order chi connectivity index (χ1) is 7.09. The fraction of sp³-hybridized carbons (Fsp3) is 0.900. The maximum atomic E-state index is 11.6. The molecule has 0 aliphatic heterocycles. The Morgan fingerprint density at radius 2 is 1.94 bits per heavy atom. The fourth-order valence-corrected chi connectivity index (χ4v) is 1.53. The molecule has 0 rings (SSSR count). The van der Waals surface area contributed by atoms with Gasteiger partial charge in [-0.3, -0.25) is 4.79 Å². The SMILES string of the molecule is CC(Cl)CCCNC(=O)C(C)(C)S(C)(=O)=O. The molecule has 0 aromatic carbocycles. The molecule has 1 amide bonds. The Kier molecular flexibility index (Phi) is 5.76. The molecular formula is C10H20ClNO3S.